The second kappa shape index (κ2) is 6.44. The summed E-state index contributed by atoms with van der Waals surface area (Å²) >= 11 is 0. The highest BCUT2D eigenvalue weighted by atomic mass is 15.1. The van der Waals surface area contributed by atoms with Crippen LogP contribution in [0.15, 0.2) is 0 Å². The van der Waals surface area contributed by atoms with E-state index in [2.05, 4.69) is 17.1 Å². The molecule has 1 aliphatic heterocycles. The van der Waals surface area contributed by atoms with Gasteiger partial charge in [0.15, 0.2) is 0 Å². The number of hydrogen-bond donors (Lipinski definition) is 1. The van der Waals surface area contributed by atoms with Gasteiger partial charge in [0.2, 0.25) is 0 Å². The van der Waals surface area contributed by atoms with Crippen LogP contribution in [0.5, 0.6) is 0 Å². The van der Waals surface area contributed by atoms with Crippen molar-refractivity contribution in [2.45, 2.75) is 32.6 Å². The third kappa shape index (κ3) is 4.07. The van der Waals surface area contributed by atoms with Crippen molar-refractivity contribution in [1.82, 2.24) is 10.2 Å². The highest BCUT2D eigenvalue weighted by Gasteiger charge is 2.02. The molecule has 0 saturated carbocycles. The van der Waals surface area contributed by atoms with Crippen molar-refractivity contribution in [2.75, 3.05) is 32.7 Å². The first-order valence-electron chi connectivity index (χ1n) is 5.36. The van der Waals surface area contributed by atoms with Crippen LogP contribution in [0, 0.1) is 0 Å². The summed E-state index contributed by atoms with van der Waals surface area (Å²) in [5.74, 6) is 0. The topological polar surface area (TPSA) is 15.3 Å². The van der Waals surface area contributed by atoms with Crippen LogP contribution >= 0.6 is 0 Å². The lowest BCUT2D eigenvalue weighted by Gasteiger charge is -2.21. The predicted octanol–water partition coefficient (Wildman–Crippen LogP) is 1.47. The van der Waals surface area contributed by atoms with Gasteiger partial charge in [-0.25, -0.2) is 0 Å². The molecule has 12 heavy (non-hydrogen) atoms. The first kappa shape index (κ1) is 10.0. The largest absolute Gasteiger partial charge is 0.317 e. The molecule has 1 aliphatic rings. The van der Waals surface area contributed by atoms with Gasteiger partial charge in [-0.1, -0.05) is 13.3 Å². The molecule has 0 radical (unpaired) electrons. The lowest BCUT2D eigenvalue weighted by Crippen LogP contribution is -2.30. The average molecular weight is 170 g/mol. The molecule has 0 aromatic carbocycles. The van der Waals surface area contributed by atoms with E-state index in [1.807, 2.05) is 0 Å². The van der Waals surface area contributed by atoms with Gasteiger partial charge in [-0.3, -0.25) is 0 Å². The lowest BCUT2D eigenvalue weighted by atomic mass is 10.2. The molecule has 2 nitrogen and oxygen atoms in total. The molecule has 0 amide bonds. The van der Waals surface area contributed by atoms with E-state index >= 15 is 0 Å². The van der Waals surface area contributed by atoms with E-state index < -0.39 is 0 Å². The number of nitrogens with one attached hydrogen (secondary N) is 1. The van der Waals surface area contributed by atoms with Crippen molar-refractivity contribution in [3.05, 3.63) is 0 Å². The maximum absolute atomic E-state index is 3.47. The smallest absolute Gasteiger partial charge is 0.000676 e. The average Bonchev–Trinajstić information content (AvgIpc) is 2.14. The van der Waals surface area contributed by atoms with E-state index in [1.54, 1.807) is 0 Å². The molecule has 0 bridgehead atoms. The summed E-state index contributed by atoms with van der Waals surface area (Å²) in [4.78, 5) is 2.56. The van der Waals surface area contributed by atoms with E-state index in [4.69, 9.17) is 0 Å². The zero-order valence-electron chi connectivity index (χ0n) is 8.31. The van der Waals surface area contributed by atoms with Gasteiger partial charge in [-0.2, -0.15) is 0 Å². The number of rotatable bonds is 1. The van der Waals surface area contributed by atoms with Gasteiger partial charge in [0.05, 0.1) is 0 Å². The summed E-state index contributed by atoms with van der Waals surface area (Å²) in [6.45, 7) is 8.52. The second-order valence-electron chi connectivity index (χ2n) is 3.60. The molecule has 1 N–H and O–H groups in total. The Morgan fingerprint density at radius 2 is 1.75 bits per heavy atom. The van der Waals surface area contributed by atoms with Crippen molar-refractivity contribution in [3.63, 3.8) is 0 Å². The van der Waals surface area contributed by atoms with Gasteiger partial charge < -0.3 is 10.2 Å². The summed E-state index contributed by atoms with van der Waals surface area (Å²) in [7, 11) is 0. The summed E-state index contributed by atoms with van der Waals surface area (Å²) in [5, 5.41) is 3.47. The van der Waals surface area contributed by atoms with Gasteiger partial charge in [-0.15, -0.1) is 0 Å². The fourth-order valence-electron chi connectivity index (χ4n) is 1.74. The van der Waals surface area contributed by atoms with Gasteiger partial charge in [0.1, 0.15) is 0 Å². The maximum Gasteiger partial charge on any atom is -0.000676 e. The molecule has 0 unspecified atom stereocenters. The van der Waals surface area contributed by atoms with E-state index in [9.17, 15) is 0 Å². The first-order valence-corrected chi connectivity index (χ1v) is 5.36. The summed E-state index contributed by atoms with van der Waals surface area (Å²) in [6, 6.07) is 0. The van der Waals surface area contributed by atoms with Crippen molar-refractivity contribution in [1.29, 1.82) is 0 Å². The Morgan fingerprint density at radius 1 is 1.00 bits per heavy atom. The molecule has 1 fully saturated rings. The molecule has 1 saturated heterocycles. The Labute approximate surface area is 76.3 Å². The molecule has 1 heterocycles. The minimum atomic E-state index is 1.20. The highest BCUT2D eigenvalue weighted by Crippen LogP contribution is 2.00. The Bertz CT molecular complexity index is 94.0. The molecule has 1 rings (SSSR count). The monoisotopic (exact) mass is 170 g/mol. The molecule has 0 spiro atoms. The maximum atomic E-state index is 3.47. The fraction of sp³-hybridized carbons (Fsp3) is 1.00. The van der Waals surface area contributed by atoms with Crippen LogP contribution in [0.3, 0.4) is 0 Å². The lowest BCUT2D eigenvalue weighted by molar-refractivity contribution is 0.271. The van der Waals surface area contributed by atoms with Crippen LogP contribution < -0.4 is 5.32 Å². The molecule has 0 aromatic heterocycles. The first-order chi connectivity index (χ1) is 5.93. The van der Waals surface area contributed by atoms with Crippen molar-refractivity contribution < 1.29 is 0 Å². The molecule has 72 valence electrons. The van der Waals surface area contributed by atoms with Crippen LogP contribution in [0.1, 0.15) is 32.6 Å². The Hall–Kier alpha value is -0.0800. The minimum Gasteiger partial charge on any atom is -0.317 e. The number of nitrogens with zero attached hydrogens (tertiary/aromatic N) is 1. The normalized spacial score (nSPS) is 23.8. The molecule has 0 aliphatic carbocycles. The van der Waals surface area contributed by atoms with Crippen LogP contribution in [-0.2, 0) is 0 Å². The third-order valence-electron chi connectivity index (χ3n) is 2.60. The minimum absolute atomic E-state index is 1.20. The van der Waals surface area contributed by atoms with Gasteiger partial charge in [-0.05, 0) is 52.0 Å². The number of hydrogen-bond acceptors (Lipinski definition) is 2. The summed E-state index contributed by atoms with van der Waals surface area (Å²) in [6.07, 6.45) is 5.45. The third-order valence-corrected chi connectivity index (χ3v) is 2.60. The zero-order chi connectivity index (χ0) is 8.65. The van der Waals surface area contributed by atoms with Crippen LogP contribution in [0.4, 0.5) is 0 Å². The SMILES string of the molecule is CCN1CCCCCNCCC1. The van der Waals surface area contributed by atoms with Crippen LogP contribution in [0.2, 0.25) is 0 Å². The summed E-state index contributed by atoms with van der Waals surface area (Å²) in [5.41, 5.74) is 0. The second-order valence-corrected chi connectivity index (χ2v) is 3.60. The quantitative estimate of drug-likeness (QED) is 0.641. The van der Waals surface area contributed by atoms with Gasteiger partial charge >= 0.3 is 0 Å². The van der Waals surface area contributed by atoms with Gasteiger partial charge in [0, 0.05) is 0 Å². The molecule has 0 aromatic rings. The van der Waals surface area contributed by atoms with Crippen molar-refractivity contribution >= 4 is 0 Å². The predicted molar refractivity (Wildman–Crippen MR) is 53.5 cm³/mol. The highest BCUT2D eigenvalue weighted by molar-refractivity contribution is 4.60. The Morgan fingerprint density at radius 3 is 2.58 bits per heavy atom. The van der Waals surface area contributed by atoms with Crippen LogP contribution in [-0.4, -0.2) is 37.6 Å². The van der Waals surface area contributed by atoms with E-state index in [-0.39, 0.29) is 0 Å². The van der Waals surface area contributed by atoms with Crippen LogP contribution in [0.25, 0.3) is 0 Å². The summed E-state index contributed by atoms with van der Waals surface area (Å²) < 4.78 is 0. The zero-order valence-corrected chi connectivity index (χ0v) is 8.31. The molecule has 0 atom stereocenters. The molecular formula is C10H22N2. The Balaban J connectivity index is 2.17. The van der Waals surface area contributed by atoms with E-state index in [0.29, 0.717) is 0 Å². The Kier molecular flexibility index (Phi) is 5.37. The standard InChI is InChI=1S/C10H22N2/c1-2-12-9-5-3-4-7-11-8-6-10-12/h11H,2-10H2,1H3. The van der Waals surface area contributed by atoms with Gasteiger partial charge in [0.25, 0.3) is 0 Å². The molecule has 2 heteroatoms. The van der Waals surface area contributed by atoms with Crippen molar-refractivity contribution in [2.24, 2.45) is 0 Å². The van der Waals surface area contributed by atoms with E-state index in [0.717, 1.165) is 0 Å². The fourth-order valence-corrected chi connectivity index (χ4v) is 1.74. The molecular weight excluding hydrogens is 148 g/mol. The van der Waals surface area contributed by atoms with Crippen molar-refractivity contribution in [3.8, 4) is 0 Å². The van der Waals surface area contributed by atoms with E-state index in [1.165, 1.54) is 58.4 Å².